The van der Waals surface area contributed by atoms with Crippen LogP contribution in [-0.4, -0.2) is 10.4 Å². The second-order valence-electron chi connectivity index (χ2n) is 2.45. The Labute approximate surface area is 53.0 Å². The smallest absolute Gasteiger partial charge is 0.160 e. The lowest BCUT2D eigenvalue weighted by Crippen LogP contribution is -2.07. The molecule has 0 radical (unpaired) electrons. The third-order valence-electron chi connectivity index (χ3n) is 1.89. The molecule has 0 bridgehead atoms. The fraction of sp³-hybridized carbons (Fsp3) is 0.667. The van der Waals surface area contributed by atoms with Gasteiger partial charge in [-0.15, -0.1) is 5.10 Å². The van der Waals surface area contributed by atoms with Gasteiger partial charge in [-0.1, -0.05) is 6.42 Å². The Morgan fingerprint density at radius 3 is 2.89 bits per heavy atom. The van der Waals surface area contributed by atoms with Crippen LogP contribution in [0.2, 0.25) is 0 Å². The third-order valence-corrected chi connectivity index (χ3v) is 1.89. The van der Waals surface area contributed by atoms with Crippen molar-refractivity contribution in [3.8, 4) is 0 Å². The summed E-state index contributed by atoms with van der Waals surface area (Å²) < 4.78 is 4.88. The van der Waals surface area contributed by atoms with E-state index in [1.807, 2.05) is 0 Å². The molecular weight excluding hydrogens is 116 g/mol. The van der Waals surface area contributed by atoms with Crippen molar-refractivity contribution in [2.45, 2.75) is 25.2 Å². The van der Waals surface area contributed by atoms with Crippen molar-refractivity contribution in [2.24, 2.45) is 0 Å². The summed E-state index contributed by atoms with van der Waals surface area (Å²) in [4.78, 5) is 0. The number of aromatic nitrogens is 2. The van der Waals surface area contributed by atoms with Crippen molar-refractivity contribution in [1.29, 1.82) is 0 Å². The molecule has 1 aliphatic rings. The number of hydrogen-bond donors (Lipinski definition) is 0. The quantitative estimate of drug-likeness (QED) is 0.567. The minimum Gasteiger partial charge on any atom is -0.342 e. The predicted octanol–water partition coefficient (Wildman–Crippen LogP) is 1.34. The van der Waals surface area contributed by atoms with Crippen molar-refractivity contribution in [2.75, 3.05) is 0 Å². The molecule has 2 rings (SSSR count). The number of rotatable bonds is 1. The van der Waals surface area contributed by atoms with E-state index < -0.39 is 0 Å². The maximum absolute atomic E-state index is 4.88. The summed E-state index contributed by atoms with van der Waals surface area (Å²) in [6.45, 7) is 0. The van der Waals surface area contributed by atoms with Crippen molar-refractivity contribution >= 4 is 0 Å². The van der Waals surface area contributed by atoms with Gasteiger partial charge in [0.2, 0.25) is 0 Å². The Morgan fingerprint density at radius 2 is 2.44 bits per heavy atom. The minimum absolute atomic E-state index is 0.625. The molecule has 1 aliphatic carbocycles. The van der Waals surface area contributed by atoms with E-state index in [0.717, 1.165) is 5.76 Å². The van der Waals surface area contributed by atoms with Gasteiger partial charge < -0.3 is 4.52 Å². The fourth-order valence-corrected chi connectivity index (χ4v) is 1.05. The molecule has 0 spiro atoms. The maximum Gasteiger partial charge on any atom is 0.160 e. The third kappa shape index (κ3) is 0.724. The van der Waals surface area contributed by atoms with E-state index in [9.17, 15) is 0 Å². The summed E-state index contributed by atoms with van der Waals surface area (Å²) >= 11 is 0. The van der Waals surface area contributed by atoms with Crippen LogP contribution in [0.4, 0.5) is 0 Å². The molecule has 0 N–H and O–H groups in total. The van der Waals surface area contributed by atoms with Crippen LogP contribution in [0.5, 0.6) is 0 Å². The van der Waals surface area contributed by atoms with Crippen molar-refractivity contribution in [1.82, 2.24) is 10.4 Å². The Kier molecular flexibility index (Phi) is 1.01. The molecule has 0 aliphatic heterocycles. The monoisotopic (exact) mass is 124 g/mol. The van der Waals surface area contributed by atoms with Gasteiger partial charge in [0.25, 0.3) is 0 Å². The van der Waals surface area contributed by atoms with E-state index in [0.29, 0.717) is 5.92 Å². The first-order valence-electron chi connectivity index (χ1n) is 3.24. The first-order valence-corrected chi connectivity index (χ1v) is 3.24. The molecule has 0 saturated heterocycles. The summed E-state index contributed by atoms with van der Waals surface area (Å²) in [5, 5.41) is 7.01. The largest absolute Gasteiger partial charge is 0.342 e. The maximum atomic E-state index is 4.88. The average molecular weight is 124 g/mol. The van der Waals surface area contributed by atoms with Gasteiger partial charge in [-0.3, -0.25) is 0 Å². The predicted molar refractivity (Wildman–Crippen MR) is 30.9 cm³/mol. The minimum atomic E-state index is 0.625. The van der Waals surface area contributed by atoms with E-state index in [4.69, 9.17) is 4.52 Å². The highest BCUT2D eigenvalue weighted by atomic mass is 16.5. The van der Waals surface area contributed by atoms with Gasteiger partial charge in [0.1, 0.15) is 0 Å². The Morgan fingerprint density at radius 1 is 1.56 bits per heavy atom. The standard InChI is InChI=1S/C6H8N2O/c1-2-5(3-1)6-4-7-8-9-6/h4-5H,1-3H2. The molecule has 1 saturated carbocycles. The Bertz CT molecular complexity index is 179. The highest BCUT2D eigenvalue weighted by Gasteiger charge is 2.22. The van der Waals surface area contributed by atoms with E-state index >= 15 is 0 Å². The summed E-state index contributed by atoms with van der Waals surface area (Å²) in [5.41, 5.74) is 0. The molecule has 48 valence electrons. The first kappa shape index (κ1) is 4.97. The zero-order valence-electron chi connectivity index (χ0n) is 5.08. The second kappa shape index (κ2) is 1.83. The highest BCUT2D eigenvalue weighted by Crippen LogP contribution is 2.35. The lowest BCUT2D eigenvalue weighted by molar-refractivity contribution is 0.292. The fourth-order valence-electron chi connectivity index (χ4n) is 1.05. The van der Waals surface area contributed by atoms with Crippen LogP contribution in [0.25, 0.3) is 0 Å². The summed E-state index contributed by atoms with van der Waals surface area (Å²) in [5.74, 6) is 1.58. The lowest BCUT2D eigenvalue weighted by Gasteiger charge is -2.21. The topological polar surface area (TPSA) is 38.9 Å². The highest BCUT2D eigenvalue weighted by molar-refractivity contribution is 5.00. The summed E-state index contributed by atoms with van der Waals surface area (Å²) in [6, 6.07) is 0. The molecule has 1 heterocycles. The Hall–Kier alpha value is -0.860. The van der Waals surface area contributed by atoms with Crippen LogP contribution >= 0.6 is 0 Å². The molecule has 0 unspecified atom stereocenters. The van der Waals surface area contributed by atoms with E-state index in [-0.39, 0.29) is 0 Å². The molecule has 0 atom stereocenters. The van der Waals surface area contributed by atoms with Gasteiger partial charge in [-0.25, -0.2) is 0 Å². The molecule has 0 amide bonds. The molecule has 3 nitrogen and oxygen atoms in total. The lowest BCUT2D eigenvalue weighted by atomic mass is 9.84. The van der Waals surface area contributed by atoms with Gasteiger partial charge >= 0.3 is 0 Å². The van der Waals surface area contributed by atoms with Crippen LogP contribution in [0.1, 0.15) is 30.9 Å². The van der Waals surface area contributed by atoms with Crippen molar-refractivity contribution < 1.29 is 4.52 Å². The summed E-state index contributed by atoms with van der Waals surface area (Å²) in [6.07, 6.45) is 5.53. The van der Waals surface area contributed by atoms with E-state index in [1.54, 1.807) is 6.20 Å². The van der Waals surface area contributed by atoms with E-state index in [1.165, 1.54) is 19.3 Å². The van der Waals surface area contributed by atoms with Crippen LogP contribution in [0.3, 0.4) is 0 Å². The van der Waals surface area contributed by atoms with Crippen LogP contribution in [0, 0.1) is 0 Å². The Balaban J connectivity index is 2.14. The van der Waals surface area contributed by atoms with Gasteiger partial charge in [0.15, 0.2) is 5.76 Å². The molecule has 1 aromatic rings. The average Bonchev–Trinajstić information content (AvgIpc) is 2.11. The van der Waals surface area contributed by atoms with Crippen LogP contribution in [-0.2, 0) is 0 Å². The summed E-state index contributed by atoms with van der Waals surface area (Å²) in [7, 11) is 0. The van der Waals surface area contributed by atoms with Gasteiger partial charge in [-0.2, -0.15) is 0 Å². The molecule has 9 heavy (non-hydrogen) atoms. The molecule has 1 aromatic heterocycles. The molecular formula is C6H8N2O. The van der Waals surface area contributed by atoms with Crippen molar-refractivity contribution in [3.63, 3.8) is 0 Å². The van der Waals surface area contributed by atoms with Gasteiger partial charge in [-0.05, 0) is 12.8 Å². The van der Waals surface area contributed by atoms with Gasteiger partial charge in [0, 0.05) is 11.2 Å². The SMILES string of the molecule is c1nnoc1C1CCC1. The second-order valence-corrected chi connectivity index (χ2v) is 2.45. The zero-order valence-corrected chi connectivity index (χ0v) is 5.08. The first-order chi connectivity index (χ1) is 4.47. The van der Waals surface area contributed by atoms with E-state index in [2.05, 4.69) is 10.4 Å². The van der Waals surface area contributed by atoms with Gasteiger partial charge in [0.05, 0.1) is 6.20 Å². The number of nitrogens with zero attached hydrogens (tertiary/aromatic N) is 2. The molecule has 0 aromatic carbocycles. The normalized spacial score (nSPS) is 19.6. The van der Waals surface area contributed by atoms with Crippen LogP contribution < -0.4 is 0 Å². The number of hydrogen-bond acceptors (Lipinski definition) is 3. The molecule has 3 heteroatoms. The zero-order chi connectivity index (χ0) is 6.10. The van der Waals surface area contributed by atoms with Crippen molar-refractivity contribution in [3.05, 3.63) is 12.0 Å². The van der Waals surface area contributed by atoms with Crippen LogP contribution in [0.15, 0.2) is 10.7 Å². The molecule has 1 fully saturated rings.